The lowest BCUT2D eigenvalue weighted by Crippen LogP contribution is -2.16. The Hall–Kier alpha value is -5.69. The summed E-state index contributed by atoms with van der Waals surface area (Å²) < 4.78 is 0. The molecule has 0 bridgehead atoms. The smallest absolute Gasteiger partial charge is 0.0797 e. The highest BCUT2D eigenvalue weighted by molar-refractivity contribution is 7.13. The molecule has 0 aliphatic carbocycles. The average molecular weight is 653 g/mol. The molecule has 1 N–H and O–H groups in total. The van der Waals surface area contributed by atoms with Gasteiger partial charge in [0.15, 0.2) is 0 Å². The molecular formula is C42H28N4S2. The summed E-state index contributed by atoms with van der Waals surface area (Å²) in [6.07, 6.45) is 10.3. The molecule has 228 valence electrons. The zero-order chi connectivity index (χ0) is 31.9. The number of hydrogen-bond acceptors (Lipinski definition) is 6. The molecule has 9 rings (SSSR count). The van der Waals surface area contributed by atoms with Gasteiger partial charge in [-0.3, -0.25) is 15.0 Å². The van der Waals surface area contributed by atoms with E-state index >= 15 is 0 Å². The molecule has 4 nitrogen and oxygen atoms in total. The first-order chi connectivity index (χ1) is 23.8. The first kappa shape index (κ1) is 28.5. The monoisotopic (exact) mass is 652 g/mol. The van der Waals surface area contributed by atoms with E-state index in [0.717, 1.165) is 33.9 Å². The molecule has 1 aliphatic heterocycles. The maximum Gasteiger partial charge on any atom is 0.0797 e. The highest BCUT2D eigenvalue weighted by Gasteiger charge is 2.21. The Morgan fingerprint density at radius 3 is 1.94 bits per heavy atom. The minimum atomic E-state index is 0.746. The number of rotatable bonds is 6. The van der Waals surface area contributed by atoms with Gasteiger partial charge in [-0.2, -0.15) is 0 Å². The standard InChI is InChI=1S/C42H28N4S2/c1-2-6-27(7-3-1)28-10-12-29(13-11-28)30-14-15-35-36(20-30)42(38-22-32(17-19-46-38)40-24-44-26-48-40)34-9-5-4-8-33(34)41(35)37-21-31(16-18-45-37)39-23-43-25-47-39/h1-18,20-26,46H,19H2. The summed E-state index contributed by atoms with van der Waals surface area (Å²) in [7, 11) is 0. The van der Waals surface area contributed by atoms with Crippen molar-refractivity contribution in [2.24, 2.45) is 0 Å². The van der Waals surface area contributed by atoms with Gasteiger partial charge in [-0.05, 0) is 79.2 Å². The van der Waals surface area contributed by atoms with E-state index < -0.39 is 0 Å². The fourth-order valence-electron chi connectivity index (χ4n) is 6.72. The maximum absolute atomic E-state index is 4.97. The predicted octanol–water partition coefficient (Wildman–Crippen LogP) is 11.0. The van der Waals surface area contributed by atoms with Crippen LogP contribution in [0, 0.1) is 0 Å². The number of fused-ring (bicyclic) bond motifs is 2. The van der Waals surface area contributed by atoms with E-state index in [1.165, 1.54) is 59.8 Å². The van der Waals surface area contributed by atoms with E-state index in [1.54, 1.807) is 22.7 Å². The van der Waals surface area contributed by atoms with Gasteiger partial charge in [-0.25, -0.2) is 0 Å². The summed E-state index contributed by atoms with van der Waals surface area (Å²) in [5, 5.41) is 8.44. The number of aromatic nitrogens is 3. The number of pyridine rings is 1. The van der Waals surface area contributed by atoms with E-state index in [4.69, 9.17) is 4.98 Å². The summed E-state index contributed by atoms with van der Waals surface area (Å²) >= 11 is 3.31. The zero-order valence-electron chi connectivity index (χ0n) is 25.8. The van der Waals surface area contributed by atoms with E-state index in [9.17, 15) is 0 Å². The van der Waals surface area contributed by atoms with Crippen molar-refractivity contribution in [3.8, 4) is 44.0 Å². The molecule has 0 fully saturated rings. The van der Waals surface area contributed by atoms with Gasteiger partial charge in [0.05, 0.1) is 26.5 Å². The molecule has 0 atom stereocenters. The lowest BCUT2D eigenvalue weighted by Gasteiger charge is -2.22. The fraction of sp³-hybridized carbons (Fsp3) is 0.0238. The number of nitrogens with zero attached hydrogens (tertiary/aromatic N) is 3. The number of hydrogen-bond donors (Lipinski definition) is 1. The number of allylic oxidation sites excluding steroid dienone is 2. The van der Waals surface area contributed by atoms with Crippen LogP contribution in [0.5, 0.6) is 0 Å². The van der Waals surface area contributed by atoms with E-state index in [-0.39, 0.29) is 0 Å². The third-order valence-corrected chi connectivity index (χ3v) is 10.6. The Morgan fingerprint density at radius 2 is 1.19 bits per heavy atom. The maximum atomic E-state index is 4.97. The Labute approximate surface area is 286 Å². The molecule has 0 radical (unpaired) electrons. The molecule has 0 unspecified atom stereocenters. The van der Waals surface area contributed by atoms with Gasteiger partial charge in [0.25, 0.3) is 0 Å². The lowest BCUT2D eigenvalue weighted by molar-refractivity contribution is 1.00. The van der Waals surface area contributed by atoms with Crippen LogP contribution in [0.15, 0.2) is 151 Å². The molecule has 6 heteroatoms. The van der Waals surface area contributed by atoms with Crippen molar-refractivity contribution in [3.63, 3.8) is 0 Å². The van der Waals surface area contributed by atoms with Gasteiger partial charge in [0, 0.05) is 42.0 Å². The molecule has 0 spiro atoms. The number of benzene rings is 5. The van der Waals surface area contributed by atoms with Crippen molar-refractivity contribution in [1.82, 2.24) is 20.3 Å². The van der Waals surface area contributed by atoms with Crippen molar-refractivity contribution in [2.45, 2.75) is 0 Å². The molecule has 3 aromatic heterocycles. The van der Waals surface area contributed by atoms with Crippen LogP contribution >= 0.6 is 22.7 Å². The minimum Gasteiger partial charge on any atom is -0.381 e. The molecule has 1 aliphatic rings. The molecule has 5 aromatic carbocycles. The third kappa shape index (κ3) is 5.12. The van der Waals surface area contributed by atoms with Crippen LogP contribution in [0.3, 0.4) is 0 Å². The lowest BCUT2D eigenvalue weighted by atomic mass is 9.86. The van der Waals surface area contributed by atoms with E-state index in [1.807, 2.05) is 29.6 Å². The average Bonchev–Trinajstić information content (AvgIpc) is 3.90. The number of thiazole rings is 2. The topological polar surface area (TPSA) is 50.7 Å². The van der Waals surface area contributed by atoms with Gasteiger partial charge in [-0.1, -0.05) is 97.1 Å². The summed E-state index contributed by atoms with van der Waals surface area (Å²) in [5.74, 6) is 0. The first-order valence-corrected chi connectivity index (χ1v) is 17.6. The number of nitrogens with one attached hydrogen (secondary N) is 1. The Kier molecular flexibility index (Phi) is 7.22. The van der Waals surface area contributed by atoms with Crippen molar-refractivity contribution >= 4 is 55.5 Å². The van der Waals surface area contributed by atoms with Gasteiger partial charge < -0.3 is 5.32 Å². The van der Waals surface area contributed by atoms with Gasteiger partial charge in [0.2, 0.25) is 0 Å². The highest BCUT2D eigenvalue weighted by atomic mass is 32.1. The van der Waals surface area contributed by atoms with Gasteiger partial charge in [-0.15, -0.1) is 22.7 Å². The van der Waals surface area contributed by atoms with Gasteiger partial charge >= 0.3 is 0 Å². The summed E-state index contributed by atoms with van der Waals surface area (Å²) in [5.41, 5.74) is 15.3. The second kappa shape index (κ2) is 12.2. The predicted molar refractivity (Wildman–Crippen MR) is 203 cm³/mol. The number of dihydropyridines is 1. The largest absolute Gasteiger partial charge is 0.381 e. The highest BCUT2D eigenvalue weighted by Crippen LogP contribution is 2.44. The quantitative estimate of drug-likeness (QED) is 0.182. The second-order valence-electron chi connectivity index (χ2n) is 11.8. The Bertz CT molecular complexity index is 2480. The van der Waals surface area contributed by atoms with Crippen LogP contribution in [-0.4, -0.2) is 21.5 Å². The SMILES string of the molecule is C1=C(c2cncs2)C=C(c2c3ccccc3c(-c3cc(-c4cncs4)ccn3)c3ccc(-c4ccc(-c5ccccc5)cc4)cc23)NC1. The van der Waals surface area contributed by atoms with Gasteiger partial charge in [0.1, 0.15) is 0 Å². The molecule has 48 heavy (non-hydrogen) atoms. The van der Waals surface area contributed by atoms with Crippen LogP contribution < -0.4 is 5.32 Å². The fourth-order valence-corrected chi connectivity index (χ4v) is 7.97. The molecule has 4 heterocycles. The van der Waals surface area contributed by atoms with E-state index in [0.29, 0.717) is 0 Å². The van der Waals surface area contributed by atoms with Crippen molar-refractivity contribution in [1.29, 1.82) is 0 Å². The third-order valence-electron chi connectivity index (χ3n) is 8.98. The molecule has 8 aromatic rings. The normalized spacial score (nSPS) is 12.9. The second-order valence-corrected chi connectivity index (χ2v) is 13.5. The Morgan fingerprint density at radius 1 is 0.542 bits per heavy atom. The van der Waals surface area contributed by atoms with Crippen LogP contribution in [0.1, 0.15) is 10.4 Å². The Balaban J connectivity index is 1.29. The minimum absolute atomic E-state index is 0.746. The first-order valence-electron chi connectivity index (χ1n) is 15.8. The zero-order valence-corrected chi connectivity index (χ0v) is 27.4. The summed E-state index contributed by atoms with van der Waals surface area (Å²) in [6.45, 7) is 0.746. The van der Waals surface area contributed by atoms with Crippen molar-refractivity contribution in [2.75, 3.05) is 6.54 Å². The van der Waals surface area contributed by atoms with E-state index in [2.05, 4.69) is 137 Å². The summed E-state index contributed by atoms with van der Waals surface area (Å²) in [4.78, 5) is 15.9. The van der Waals surface area contributed by atoms with Crippen molar-refractivity contribution < 1.29 is 0 Å². The summed E-state index contributed by atoms with van der Waals surface area (Å²) in [6, 6.07) is 39.3. The van der Waals surface area contributed by atoms with Crippen LogP contribution in [0.2, 0.25) is 0 Å². The molecular weight excluding hydrogens is 625 g/mol. The van der Waals surface area contributed by atoms with Crippen LogP contribution in [0.25, 0.3) is 76.8 Å². The van der Waals surface area contributed by atoms with Crippen LogP contribution in [-0.2, 0) is 0 Å². The van der Waals surface area contributed by atoms with Crippen molar-refractivity contribution in [3.05, 3.63) is 161 Å². The molecule has 0 saturated heterocycles. The molecule has 0 saturated carbocycles. The van der Waals surface area contributed by atoms with Crippen LogP contribution in [0.4, 0.5) is 0 Å². The molecule has 0 amide bonds.